The number of hydrogen-bond acceptors (Lipinski definition) is 4. The summed E-state index contributed by atoms with van der Waals surface area (Å²) in [5.41, 5.74) is 0. The summed E-state index contributed by atoms with van der Waals surface area (Å²) in [5.74, 6) is 2.00. The second-order valence-corrected chi connectivity index (χ2v) is 4.02. The normalized spacial score (nSPS) is 14.2. The van der Waals surface area contributed by atoms with Crippen LogP contribution in [0.25, 0.3) is 0 Å². The summed E-state index contributed by atoms with van der Waals surface area (Å²) in [6, 6.07) is 5.37. The Morgan fingerprint density at radius 2 is 1.82 bits per heavy atom. The maximum atomic E-state index is 11.6. The summed E-state index contributed by atoms with van der Waals surface area (Å²) in [4.78, 5) is 11.6. The first-order valence-electron chi connectivity index (χ1n) is 5.62. The van der Waals surface area contributed by atoms with Crippen molar-refractivity contribution in [3.63, 3.8) is 0 Å². The van der Waals surface area contributed by atoms with Crippen molar-refractivity contribution in [1.82, 2.24) is 0 Å². The van der Waals surface area contributed by atoms with E-state index in [1.54, 1.807) is 26.4 Å². The Kier molecular flexibility index (Phi) is 3.52. The molecule has 1 aliphatic carbocycles. The third-order valence-electron chi connectivity index (χ3n) is 2.77. The predicted molar refractivity (Wildman–Crippen MR) is 62.8 cm³/mol. The Labute approximate surface area is 100 Å². The molecular weight excluding hydrogens is 220 g/mol. The molecule has 1 aliphatic rings. The van der Waals surface area contributed by atoms with Gasteiger partial charge in [0.1, 0.15) is 6.61 Å². The first kappa shape index (κ1) is 11.8. The second kappa shape index (κ2) is 5.08. The number of rotatable bonds is 6. The lowest BCUT2D eigenvalue weighted by Crippen LogP contribution is -2.13. The fourth-order valence-corrected chi connectivity index (χ4v) is 1.63. The SMILES string of the molecule is COc1cccc(OC)c1OCC(=O)C1CC1. The standard InChI is InChI=1S/C13H16O4/c1-15-11-4-3-5-12(16-2)13(11)17-8-10(14)9-6-7-9/h3-5,9H,6-8H2,1-2H3. The first-order valence-corrected chi connectivity index (χ1v) is 5.62. The minimum atomic E-state index is 0.0847. The van der Waals surface area contributed by atoms with E-state index in [2.05, 4.69) is 0 Å². The topological polar surface area (TPSA) is 44.8 Å². The van der Waals surface area contributed by atoms with E-state index in [0.29, 0.717) is 17.2 Å². The number of ether oxygens (including phenoxy) is 3. The smallest absolute Gasteiger partial charge is 0.203 e. The van der Waals surface area contributed by atoms with Crippen molar-refractivity contribution in [3.05, 3.63) is 18.2 Å². The molecule has 1 aromatic carbocycles. The van der Waals surface area contributed by atoms with E-state index in [-0.39, 0.29) is 18.3 Å². The van der Waals surface area contributed by atoms with Crippen molar-refractivity contribution in [2.75, 3.05) is 20.8 Å². The molecule has 4 heteroatoms. The molecule has 0 spiro atoms. The molecular formula is C13H16O4. The molecule has 0 amide bonds. The number of para-hydroxylation sites is 1. The first-order chi connectivity index (χ1) is 8.26. The molecule has 0 radical (unpaired) electrons. The van der Waals surface area contributed by atoms with Gasteiger partial charge in [0, 0.05) is 5.92 Å². The molecule has 17 heavy (non-hydrogen) atoms. The third-order valence-corrected chi connectivity index (χ3v) is 2.77. The van der Waals surface area contributed by atoms with Gasteiger partial charge in [-0.3, -0.25) is 4.79 Å². The summed E-state index contributed by atoms with van der Waals surface area (Å²) in [5, 5.41) is 0. The van der Waals surface area contributed by atoms with Crippen molar-refractivity contribution in [3.8, 4) is 17.2 Å². The van der Waals surface area contributed by atoms with Crippen LogP contribution >= 0.6 is 0 Å². The molecule has 0 aromatic heterocycles. The van der Waals surface area contributed by atoms with Gasteiger partial charge in [0.2, 0.25) is 5.75 Å². The van der Waals surface area contributed by atoms with Crippen LogP contribution in [0.1, 0.15) is 12.8 Å². The van der Waals surface area contributed by atoms with Gasteiger partial charge in [0.25, 0.3) is 0 Å². The maximum Gasteiger partial charge on any atom is 0.203 e. The summed E-state index contributed by atoms with van der Waals surface area (Å²) in [6.45, 7) is 0.0847. The molecule has 1 saturated carbocycles. The Balaban J connectivity index is 2.09. The number of Topliss-reactive ketones (excluding diaryl/α,β-unsaturated/α-hetero) is 1. The van der Waals surface area contributed by atoms with Gasteiger partial charge in [-0.2, -0.15) is 0 Å². The number of ketones is 1. The summed E-state index contributed by atoms with van der Waals surface area (Å²) >= 11 is 0. The second-order valence-electron chi connectivity index (χ2n) is 4.02. The van der Waals surface area contributed by atoms with Crippen molar-refractivity contribution < 1.29 is 19.0 Å². The predicted octanol–water partition coefficient (Wildman–Crippen LogP) is 2.06. The van der Waals surface area contributed by atoms with E-state index in [1.807, 2.05) is 6.07 Å². The van der Waals surface area contributed by atoms with Crippen LogP contribution in [0.3, 0.4) is 0 Å². The Hall–Kier alpha value is -1.71. The average molecular weight is 236 g/mol. The Morgan fingerprint density at radius 3 is 2.29 bits per heavy atom. The van der Waals surface area contributed by atoms with Crippen molar-refractivity contribution in [2.24, 2.45) is 5.92 Å². The lowest BCUT2D eigenvalue weighted by Gasteiger charge is -2.13. The van der Waals surface area contributed by atoms with Gasteiger partial charge in [-0.25, -0.2) is 0 Å². The van der Waals surface area contributed by atoms with Crippen LogP contribution in [0, 0.1) is 5.92 Å². The van der Waals surface area contributed by atoms with E-state index >= 15 is 0 Å². The average Bonchev–Trinajstić information content (AvgIpc) is 3.19. The molecule has 1 fully saturated rings. The highest BCUT2D eigenvalue weighted by Crippen LogP contribution is 2.37. The number of carbonyl (C=O) groups is 1. The van der Waals surface area contributed by atoms with Crippen molar-refractivity contribution >= 4 is 5.78 Å². The highest BCUT2D eigenvalue weighted by Gasteiger charge is 2.30. The highest BCUT2D eigenvalue weighted by molar-refractivity contribution is 5.84. The van der Waals surface area contributed by atoms with Gasteiger partial charge in [0.15, 0.2) is 17.3 Å². The van der Waals surface area contributed by atoms with Crippen LogP contribution in [0.15, 0.2) is 18.2 Å². The fourth-order valence-electron chi connectivity index (χ4n) is 1.63. The molecule has 0 saturated heterocycles. The maximum absolute atomic E-state index is 11.6. The molecule has 1 aromatic rings. The van der Waals surface area contributed by atoms with Crippen LogP contribution in [-0.2, 0) is 4.79 Å². The number of hydrogen-bond donors (Lipinski definition) is 0. The molecule has 0 N–H and O–H groups in total. The zero-order valence-corrected chi connectivity index (χ0v) is 10.1. The van der Waals surface area contributed by atoms with Crippen molar-refractivity contribution in [2.45, 2.75) is 12.8 Å². The largest absolute Gasteiger partial charge is 0.493 e. The molecule has 2 rings (SSSR count). The van der Waals surface area contributed by atoms with Gasteiger partial charge in [-0.15, -0.1) is 0 Å². The van der Waals surface area contributed by atoms with Crippen LogP contribution in [0.5, 0.6) is 17.2 Å². The molecule has 0 bridgehead atoms. The Bertz CT molecular complexity index is 388. The van der Waals surface area contributed by atoms with E-state index in [4.69, 9.17) is 14.2 Å². The van der Waals surface area contributed by atoms with Crippen LogP contribution < -0.4 is 14.2 Å². The lowest BCUT2D eigenvalue weighted by molar-refractivity contribution is -0.122. The zero-order chi connectivity index (χ0) is 12.3. The number of methoxy groups -OCH3 is 2. The van der Waals surface area contributed by atoms with Gasteiger partial charge >= 0.3 is 0 Å². The number of carbonyl (C=O) groups excluding carboxylic acids is 1. The highest BCUT2D eigenvalue weighted by atomic mass is 16.5. The van der Waals surface area contributed by atoms with E-state index < -0.39 is 0 Å². The summed E-state index contributed by atoms with van der Waals surface area (Å²) < 4.78 is 15.9. The van der Waals surface area contributed by atoms with E-state index in [0.717, 1.165) is 12.8 Å². The number of benzene rings is 1. The van der Waals surface area contributed by atoms with Gasteiger partial charge in [-0.1, -0.05) is 6.07 Å². The Morgan fingerprint density at radius 1 is 1.24 bits per heavy atom. The molecule has 92 valence electrons. The third kappa shape index (κ3) is 2.70. The minimum absolute atomic E-state index is 0.0847. The minimum Gasteiger partial charge on any atom is -0.493 e. The monoisotopic (exact) mass is 236 g/mol. The van der Waals surface area contributed by atoms with Crippen molar-refractivity contribution in [1.29, 1.82) is 0 Å². The lowest BCUT2D eigenvalue weighted by atomic mass is 10.2. The zero-order valence-electron chi connectivity index (χ0n) is 10.1. The molecule has 0 atom stereocenters. The quantitative estimate of drug-likeness (QED) is 0.758. The van der Waals surface area contributed by atoms with Crippen LogP contribution in [0.2, 0.25) is 0 Å². The molecule has 4 nitrogen and oxygen atoms in total. The van der Waals surface area contributed by atoms with Gasteiger partial charge in [-0.05, 0) is 25.0 Å². The van der Waals surface area contributed by atoms with Crippen LogP contribution in [-0.4, -0.2) is 26.6 Å². The molecule has 0 aliphatic heterocycles. The van der Waals surface area contributed by atoms with E-state index in [9.17, 15) is 4.79 Å². The van der Waals surface area contributed by atoms with Gasteiger partial charge < -0.3 is 14.2 Å². The summed E-state index contributed by atoms with van der Waals surface area (Å²) in [7, 11) is 3.12. The molecule has 0 heterocycles. The van der Waals surface area contributed by atoms with Crippen LogP contribution in [0.4, 0.5) is 0 Å². The molecule has 0 unspecified atom stereocenters. The summed E-state index contributed by atoms with van der Waals surface area (Å²) in [6.07, 6.45) is 1.98. The fraction of sp³-hybridized carbons (Fsp3) is 0.462. The van der Waals surface area contributed by atoms with E-state index in [1.165, 1.54) is 0 Å². The van der Waals surface area contributed by atoms with Gasteiger partial charge in [0.05, 0.1) is 14.2 Å².